The van der Waals surface area contributed by atoms with Crippen molar-refractivity contribution >= 4 is 18.1 Å². The molecular formula is C17H31N3O6. The number of amides is 3. The lowest BCUT2D eigenvalue weighted by molar-refractivity contribution is -0.120. The Morgan fingerprint density at radius 1 is 1.08 bits per heavy atom. The van der Waals surface area contributed by atoms with Gasteiger partial charge in [-0.25, -0.2) is 9.59 Å². The third-order valence-corrected chi connectivity index (χ3v) is 3.41. The zero-order valence-electron chi connectivity index (χ0n) is 16.4. The van der Waals surface area contributed by atoms with Crippen LogP contribution in [-0.2, 0) is 14.3 Å². The minimum Gasteiger partial charge on any atom is -0.444 e. The van der Waals surface area contributed by atoms with E-state index in [-0.39, 0.29) is 25.7 Å². The fourth-order valence-corrected chi connectivity index (χ4v) is 2.48. The number of hydrogen-bond donors (Lipinski definition) is 3. The highest BCUT2D eigenvalue weighted by atomic mass is 16.6. The average molecular weight is 373 g/mol. The molecule has 1 saturated heterocycles. The van der Waals surface area contributed by atoms with Crippen molar-refractivity contribution in [2.24, 2.45) is 0 Å². The van der Waals surface area contributed by atoms with Gasteiger partial charge in [0.25, 0.3) is 0 Å². The first kappa shape index (κ1) is 22.0. The molecule has 1 heterocycles. The number of likely N-dealkylation sites (tertiary alicyclic amines) is 1. The molecule has 150 valence electrons. The van der Waals surface area contributed by atoms with Crippen LogP contribution in [0.3, 0.4) is 0 Å². The summed E-state index contributed by atoms with van der Waals surface area (Å²) < 4.78 is 10.4. The number of rotatable bonds is 4. The van der Waals surface area contributed by atoms with Crippen LogP contribution in [0.25, 0.3) is 0 Å². The van der Waals surface area contributed by atoms with Gasteiger partial charge >= 0.3 is 12.2 Å². The van der Waals surface area contributed by atoms with Gasteiger partial charge in [-0.1, -0.05) is 0 Å². The molecule has 0 bridgehead atoms. The number of nitrogens with zero attached hydrogens (tertiary/aromatic N) is 1. The summed E-state index contributed by atoms with van der Waals surface area (Å²) in [5.74, 6) is -0.399. The summed E-state index contributed by atoms with van der Waals surface area (Å²) in [5.41, 5.74) is -1.29. The van der Waals surface area contributed by atoms with E-state index in [4.69, 9.17) is 9.47 Å². The van der Waals surface area contributed by atoms with E-state index in [0.29, 0.717) is 6.42 Å². The Bertz CT molecular complexity index is 524. The monoisotopic (exact) mass is 373 g/mol. The Kier molecular flexibility index (Phi) is 7.25. The topological polar surface area (TPSA) is 117 Å². The molecule has 1 fully saturated rings. The summed E-state index contributed by atoms with van der Waals surface area (Å²) in [6.07, 6.45) is -0.795. The van der Waals surface area contributed by atoms with Crippen LogP contribution in [0.15, 0.2) is 0 Å². The van der Waals surface area contributed by atoms with Gasteiger partial charge in [-0.05, 0) is 48.0 Å². The van der Waals surface area contributed by atoms with E-state index in [0.717, 1.165) is 0 Å². The molecule has 9 nitrogen and oxygen atoms in total. The Labute approximate surface area is 154 Å². The van der Waals surface area contributed by atoms with Crippen molar-refractivity contribution < 1.29 is 29.0 Å². The van der Waals surface area contributed by atoms with E-state index < -0.39 is 35.3 Å². The lowest BCUT2D eigenvalue weighted by Gasteiger charge is -2.27. The van der Waals surface area contributed by atoms with Gasteiger partial charge in [0.2, 0.25) is 5.91 Å². The largest absolute Gasteiger partial charge is 0.444 e. The van der Waals surface area contributed by atoms with Crippen LogP contribution in [0.2, 0.25) is 0 Å². The molecule has 0 aliphatic carbocycles. The van der Waals surface area contributed by atoms with E-state index in [1.807, 2.05) is 0 Å². The summed E-state index contributed by atoms with van der Waals surface area (Å²) in [5, 5.41) is 14.6. The van der Waals surface area contributed by atoms with Crippen LogP contribution in [0.5, 0.6) is 0 Å². The maximum atomic E-state index is 12.2. The van der Waals surface area contributed by atoms with Gasteiger partial charge in [-0.15, -0.1) is 0 Å². The smallest absolute Gasteiger partial charge is 0.410 e. The third kappa shape index (κ3) is 7.90. The predicted octanol–water partition coefficient (Wildman–Crippen LogP) is 0.998. The third-order valence-electron chi connectivity index (χ3n) is 3.41. The molecule has 3 N–H and O–H groups in total. The van der Waals surface area contributed by atoms with Gasteiger partial charge in [0.05, 0.1) is 12.6 Å². The van der Waals surface area contributed by atoms with Gasteiger partial charge in [-0.2, -0.15) is 0 Å². The second-order valence-corrected chi connectivity index (χ2v) is 8.32. The zero-order chi connectivity index (χ0) is 20.1. The molecule has 0 unspecified atom stereocenters. The summed E-state index contributed by atoms with van der Waals surface area (Å²) in [6.45, 7) is 10.2. The zero-order valence-corrected chi connectivity index (χ0v) is 16.4. The predicted molar refractivity (Wildman–Crippen MR) is 94.6 cm³/mol. The van der Waals surface area contributed by atoms with E-state index in [2.05, 4.69) is 10.6 Å². The summed E-state index contributed by atoms with van der Waals surface area (Å²) >= 11 is 0. The van der Waals surface area contributed by atoms with Crippen molar-refractivity contribution in [2.75, 3.05) is 19.7 Å². The minimum atomic E-state index is -0.678. The van der Waals surface area contributed by atoms with Gasteiger partial charge < -0.3 is 30.1 Å². The summed E-state index contributed by atoms with van der Waals surface area (Å²) in [7, 11) is 0. The van der Waals surface area contributed by atoms with Crippen molar-refractivity contribution in [2.45, 2.75) is 71.2 Å². The molecule has 0 saturated carbocycles. The molecule has 2 atom stereocenters. The molecule has 1 aliphatic rings. The van der Waals surface area contributed by atoms with Gasteiger partial charge in [0.15, 0.2) is 0 Å². The Hall–Kier alpha value is -2.03. The van der Waals surface area contributed by atoms with E-state index in [1.54, 1.807) is 41.5 Å². The highest BCUT2D eigenvalue weighted by Gasteiger charge is 2.37. The van der Waals surface area contributed by atoms with Gasteiger partial charge in [-0.3, -0.25) is 4.79 Å². The Balaban J connectivity index is 2.49. The lowest BCUT2D eigenvalue weighted by Crippen LogP contribution is -2.45. The number of ether oxygens (including phenoxy) is 2. The number of alkyl carbamates (subject to hydrolysis) is 1. The second-order valence-electron chi connectivity index (χ2n) is 8.32. The van der Waals surface area contributed by atoms with Crippen molar-refractivity contribution in [3.8, 4) is 0 Å². The first-order chi connectivity index (χ1) is 11.8. The SMILES string of the molecule is CC(C)(C)OC(=O)NCC(=O)N[C@H]1C[C@H](CO)N(C(=O)OC(C)(C)C)C1. The van der Waals surface area contributed by atoms with E-state index in [9.17, 15) is 19.5 Å². The fourth-order valence-electron chi connectivity index (χ4n) is 2.48. The highest BCUT2D eigenvalue weighted by Crippen LogP contribution is 2.21. The molecule has 0 aromatic heterocycles. The first-order valence-corrected chi connectivity index (χ1v) is 8.67. The van der Waals surface area contributed by atoms with Gasteiger partial charge in [0, 0.05) is 12.6 Å². The first-order valence-electron chi connectivity index (χ1n) is 8.67. The minimum absolute atomic E-state index is 0.220. The maximum Gasteiger partial charge on any atom is 0.410 e. The lowest BCUT2D eigenvalue weighted by atomic mass is 10.2. The van der Waals surface area contributed by atoms with Crippen molar-refractivity contribution in [3.63, 3.8) is 0 Å². The molecule has 0 aromatic rings. The standard InChI is InChI=1S/C17H31N3O6/c1-16(2,3)25-14(23)18-8-13(22)19-11-7-12(10-21)20(9-11)15(24)26-17(4,5)6/h11-12,21H,7-10H2,1-6H3,(H,18,23)(H,19,22)/t11-,12+/m0/s1. The number of aliphatic hydroxyl groups excluding tert-OH is 1. The number of hydrogen-bond acceptors (Lipinski definition) is 6. The molecule has 1 aliphatic heterocycles. The van der Waals surface area contributed by atoms with Crippen LogP contribution in [0.4, 0.5) is 9.59 Å². The van der Waals surface area contributed by atoms with Crippen LogP contribution in [0.1, 0.15) is 48.0 Å². The molecule has 1 rings (SSSR count). The van der Waals surface area contributed by atoms with Crippen LogP contribution >= 0.6 is 0 Å². The maximum absolute atomic E-state index is 12.2. The van der Waals surface area contributed by atoms with Crippen molar-refractivity contribution in [1.29, 1.82) is 0 Å². The van der Waals surface area contributed by atoms with Gasteiger partial charge in [0.1, 0.15) is 17.7 Å². The Morgan fingerprint density at radius 3 is 2.15 bits per heavy atom. The van der Waals surface area contributed by atoms with Crippen LogP contribution in [-0.4, -0.2) is 71.1 Å². The number of carbonyl (C=O) groups is 3. The fraction of sp³-hybridized carbons (Fsp3) is 0.824. The molecule has 26 heavy (non-hydrogen) atoms. The molecule has 9 heteroatoms. The highest BCUT2D eigenvalue weighted by molar-refractivity contribution is 5.82. The summed E-state index contributed by atoms with van der Waals surface area (Å²) in [4.78, 5) is 37.2. The molecule has 0 spiro atoms. The number of nitrogens with one attached hydrogen (secondary N) is 2. The molecular weight excluding hydrogens is 342 g/mol. The van der Waals surface area contributed by atoms with Crippen molar-refractivity contribution in [3.05, 3.63) is 0 Å². The summed E-state index contributed by atoms with van der Waals surface area (Å²) in [6, 6.07) is -0.749. The second kappa shape index (κ2) is 8.57. The van der Waals surface area contributed by atoms with E-state index in [1.165, 1.54) is 4.90 Å². The van der Waals surface area contributed by atoms with Crippen LogP contribution in [0, 0.1) is 0 Å². The number of aliphatic hydroxyl groups is 1. The van der Waals surface area contributed by atoms with E-state index >= 15 is 0 Å². The van der Waals surface area contributed by atoms with Crippen LogP contribution < -0.4 is 10.6 Å². The molecule has 0 aromatic carbocycles. The quantitative estimate of drug-likeness (QED) is 0.677. The average Bonchev–Trinajstić information content (AvgIpc) is 2.84. The Morgan fingerprint density at radius 2 is 1.65 bits per heavy atom. The normalized spacial score (nSPS) is 20.5. The molecule has 3 amide bonds. The van der Waals surface area contributed by atoms with Crippen molar-refractivity contribution in [1.82, 2.24) is 15.5 Å². The number of carbonyl (C=O) groups excluding carboxylic acids is 3. The molecule has 0 radical (unpaired) electrons.